The molecule has 3 rings (SSSR count). The highest BCUT2D eigenvalue weighted by molar-refractivity contribution is 8.00. The van der Waals surface area contributed by atoms with Gasteiger partial charge in [-0.05, 0) is 36.4 Å². The number of nitrogens with one attached hydrogen (secondary N) is 1. The zero-order chi connectivity index (χ0) is 17.8. The molecule has 2 aromatic carbocycles. The van der Waals surface area contributed by atoms with Crippen molar-refractivity contribution in [3.05, 3.63) is 70.2 Å². The number of hydrogen-bond donors (Lipinski definition) is 1. The van der Waals surface area contributed by atoms with Gasteiger partial charge in [-0.3, -0.25) is 10.1 Å². The van der Waals surface area contributed by atoms with Crippen molar-refractivity contribution in [1.82, 2.24) is 10.2 Å². The van der Waals surface area contributed by atoms with Crippen LogP contribution in [-0.4, -0.2) is 16.1 Å². The number of benzene rings is 2. The third-order valence-corrected chi connectivity index (χ3v) is 5.33. The highest BCUT2D eigenvalue weighted by Crippen LogP contribution is 2.29. The van der Waals surface area contributed by atoms with E-state index in [4.69, 9.17) is 11.6 Å². The Balaban J connectivity index is 1.62. The molecule has 25 heavy (non-hydrogen) atoms. The maximum atomic E-state index is 13.6. The van der Waals surface area contributed by atoms with E-state index in [0.29, 0.717) is 20.1 Å². The van der Waals surface area contributed by atoms with Gasteiger partial charge in [0.1, 0.15) is 11.6 Å². The molecule has 1 N–H and O–H groups in total. The molecule has 0 radical (unpaired) electrons. The molecule has 1 aromatic heterocycles. The molecule has 0 atom stereocenters. The van der Waals surface area contributed by atoms with Gasteiger partial charge in [-0.2, -0.15) is 0 Å². The number of nitrogens with zero attached hydrogens (tertiary/aromatic N) is 2. The number of carbonyl (C=O) groups excluding carboxylic acids is 1. The van der Waals surface area contributed by atoms with E-state index < -0.39 is 11.6 Å². The maximum Gasteiger partial charge on any atom is 0.257 e. The topological polar surface area (TPSA) is 54.9 Å². The summed E-state index contributed by atoms with van der Waals surface area (Å²) in [5.41, 5.74) is 0.642. The van der Waals surface area contributed by atoms with Crippen molar-refractivity contribution < 1.29 is 13.6 Å². The first-order valence-corrected chi connectivity index (χ1v) is 9.16. The fraction of sp³-hybridized carbons (Fsp3) is 0.0625. The number of halogens is 3. The Morgan fingerprint density at radius 3 is 2.84 bits per heavy atom. The second kappa shape index (κ2) is 7.90. The molecule has 0 aliphatic heterocycles. The molecule has 0 unspecified atom stereocenters. The van der Waals surface area contributed by atoms with E-state index >= 15 is 0 Å². The van der Waals surface area contributed by atoms with Crippen LogP contribution in [0.1, 0.15) is 15.9 Å². The van der Waals surface area contributed by atoms with Gasteiger partial charge in [0.2, 0.25) is 5.13 Å². The monoisotopic (exact) mass is 397 g/mol. The summed E-state index contributed by atoms with van der Waals surface area (Å²) in [6.07, 6.45) is 0. The number of carbonyl (C=O) groups is 1. The lowest BCUT2D eigenvalue weighted by Crippen LogP contribution is -2.11. The smallest absolute Gasteiger partial charge is 0.257 e. The number of hydrogen-bond acceptors (Lipinski definition) is 5. The Morgan fingerprint density at radius 1 is 1.20 bits per heavy atom. The second-order valence-corrected chi connectivity index (χ2v) is 7.50. The summed E-state index contributed by atoms with van der Waals surface area (Å²) < 4.78 is 27.3. The molecule has 0 saturated heterocycles. The number of aromatic nitrogens is 2. The van der Waals surface area contributed by atoms with Crippen LogP contribution in [0.15, 0.2) is 46.8 Å². The first kappa shape index (κ1) is 17.8. The van der Waals surface area contributed by atoms with Gasteiger partial charge >= 0.3 is 0 Å². The van der Waals surface area contributed by atoms with Gasteiger partial charge in [-0.15, -0.1) is 10.2 Å². The van der Waals surface area contributed by atoms with Gasteiger partial charge in [0.05, 0.1) is 0 Å². The van der Waals surface area contributed by atoms with E-state index in [9.17, 15) is 13.6 Å². The van der Waals surface area contributed by atoms with Crippen LogP contribution in [0, 0.1) is 11.6 Å². The standard InChI is InChI=1S/C16H10ClF2N3OS2/c17-11-3-1-2-9(6-11)14(23)20-15-21-22-16(25-15)24-8-10-7-12(18)4-5-13(10)19/h1-7H,8H2,(H,20,21,23). The quantitative estimate of drug-likeness (QED) is 0.485. The lowest BCUT2D eigenvalue weighted by Gasteiger charge is -2.01. The summed E-state index contributed by atoms with van der Waals surface area (Å²) in [6, 6.07) is 9.81. The third-order valence-electron chi connectivity index (χ3n) is 3.07. The van der Waals surface area contributed by atoms with Crippen LogP contribution in [-0.2, 0) is 5.75 Å². The maximum absolute atomic E-state index is 13.6. The molecule has 0 spiro atoms. The van der Waals surface area contributed by atoms with Crippen molar-refractivity contribution in [2.24, 2.45) is 0 Å². The van der Waals surface area contributed by atoms with E-state index in [2.05, 4.69) is 15.5 Å². The molecular formula is C16H10ClF2N3OS2. The van der Waals surface area contributed by atoms with Crippen molar-refractivity contribution in [2.45, 2.75) is 10.1 Å². The zero-order valence-electron chi connectivity index (χ0n) is 12.5. The summed E-state index contributed by atoms with van der Waals surface area (Å²) >= 11 is 8.21. The van der Waals surface area contributed by atoms with Gasteiger partial charge in [0.25, 0.3) is 5.91 Å². The predicted octanol–water partition coefficient (Wildman–Crippen LogP) is 5.01. The molecule has 0 saturated carbocycles. The molecule has 0 fully saturated rings. The zero-order valence-corrected chi connectivity index (χ0v) is 14.9. The van der Waals surface area contributed by atoms with Crippen LogP contribution < -0.4 is 5.32 Å². The van der Waals surface area contributed by atoms with E-state index in [0.717, 1.165) is 29.5 Å². The molecular weight excluding hydrogens is 388 g/mol. The Bertz CT molecular complexity index is 920. The van der Waals surface area contributed by atoms with Gasteiger partial charge in [0.15, 0.2) is 4.34 Å². The average molecular weight is 398 g/mol. The Kier molecular flexibility index (Phi) is 5.62. The molecule has 1 heterocycles. The van der Waals surface area contributed by atoms with E-state index in [-0.39, 0.29) is 17.2 Å². The number of amides is 1. The molecule has 1 amide bonds. The Labute approximate surface area is 155 Å². The fourth-order valence-corrected chi connectivity index (χ4v) is 3.82. The highest BCUT2D eigenvalue weighted by atomic mass is 35.5. The lowest BCUT2D eigenvalue weighted by atomic mass is 10.2. The van der Waals surface area contributed by atoms with Gasteiger partial charge < -0.3 is 0 Å². The molecule has 128 valence electrons. The summed E-state index contributed by atoms with van der Waals surface area (Å²) in [4.78, 5) is 12.1. The van der Waals surface area contributed by atoms with Crippen LogP contribution in [0.2, 0.25) is 5.02 Å². The third kappa shape index (κ3) is 4.75. The van der Waals surface area contributed by atoms with Crippen LogP contribution in [0.5, 0.6) is 0 Å². The van der Waals surface area contributed by atoms with Crippen molar-refractivity contribution >= 4 is 45.7 Å². The predicted molar refractivity (Wildman–Crippen MR) is 95.2 cm³/mol. The van der Waals surface area contributed by atoms with Crippen molar-refractivity contribution in [3.8, 4) is 0 Å². The van der Waals surface area contributed by atoms with E-state index in [1.807, 2.05) is 0 Å². The Morgan fingerprint density at radius 2 is 2.04 bits per heavy atom. The normalized spacial score (nSPS) is 10.7. The van der Waals surface area contributed by atoms with Crippen LogP contribution in [0.4, 0.5) is 13.9 Å². The fourth-order valence-electron chi connectivity index (χ4n) is 1.91. The minimum Gasteiger partial charge on any atom is -0.296 e. The number of rotatable bonds is 5. The summed E-state index contributed by atoms with van der Waals surface area (Å²) in [5.74, 6) is -1.12. The first-order valence-electron chi connectivity index (χ1n) is 6.98. The SMILES string of the molecule is O=C(Nc1nnc(SCc2cc(F)ccc2F)s1)c1cccc(Cl)c1. The lowest BCUT2D eigenvalue weighted by molar-refractivity contribution is 0.102. The molecule has 0 bridgehead atoms. The van der Waals surface area contributed by atoms with Crippen molar-refractivity contribution in [2.75, 3.05) is 5.32 Å². The second-order valence-electron chi connectivity index (χ2n) is 4.86. The van der Waals surface area contributed by atoms with Crippen LogP contribution in [0.3, 0.4) is 0 Å². The summed E-state index contributed by atoms with van der Waals surface area (Å²) in [6.45, 7) is 0. The summed E-state index contributed by atoms with van der Waals surface area (Å²) in [5, 5.41) is 11.2. The first-order chi connectivity index (χ1) is 12.0. The average Bonchev–Trinajstić information content (AvgIpc) is 3.03. The largest absolute Gasteiger partial charge is 0.296 e. The number of anilines is 1. The van der Waals surface area contributed by atoms with Crippen LogP contribution in [0.25, 0.3) is 0 Å². The van der Waals surface area contributed by atoms with Crippen LogP contribution >= 0.6 is 34.7 Å². The van der Waals surface area contributed by atoms with E-state index in [1.54, 1.807) is 24.3 Å². The molecule has 0 aliphatic carbocycles. The molecule has 9 heteroatoms. The minimum absolute atomic E-state index is 0.209. The minimum atomic E-state index is -0.497. The van der Waals surface area contributed by atoms with Crippen molar-refractivity contribution in [1.29, 1.82) is 0 Å². The van der Waals surface area contributed by atoms with Gasteiger partial charge in [-0.25, -0.2) is 8.78 Å². The van der Waals surface area contributed by atoms with Crippen molar-refractivity contribution in [3.63, 3.8) is 0 Å². The van der Waals surface area contributed by atoms with Gasteiger partial charge in [0, 0.05) is 21.9 Å². The summed E-state index contributed by atoms with van der Waals surface area (Å²) in [7, 11) is 0. The molecule has 0 aliphatic rings. The highest BCUT2D eigenvalue weighted by Gasteiger charge is 2.12. The Hall–Kier alpha value is -2.03. The molecule has 3 aromatic rings. The number of thioether (sulfide) groups is 1. The van der Waals surface area contributed by atoms with E-state index in [1.165, 1.54) is 11.8 Å². The van der Waals surface area contributed by atoms with Gasteiger partial charge in [-0.1, -0.05) is 40.8 Å². The molecule has 4 nitrogen and oxygen atoms in total.